The number of benzene rings is 2. The molecule has 1 aliphatic carbocycles. The van der Waals surface area contributed by atoms with Gasteiger partial charge in [0, 0.05) is 19.1 Å². The second kappa shape index (κ2) is 8.94. The predicted octanol–water partition coefficient (Wildman–Crippen LogP) is 4.49. The molecular formula is C26H31N3O3. The SMILES string of the molecule is COc1ccc2nc(C)n(-c3ccc(OC4CCN(C5CCCC5)CC4)cc3)c(=O)c2c1. The zero-order valence-electron chi connectivity index (χ0n) is 18.9. The van der Waals surface area contributed by atoms with E-state index in [1.807, 2.05) is 43.3 Å². The number of ether oxygens (including phenoxy) is 2. The standard InChI is InChI=1S/C26H31N3O3/c1-18-27-25-12-11-23(31-2)17-24(25)26(30)29(18)20-7-9-21(10-8-20)32-22-13-15-28(16-14-22)19-5-3-4-6-19/h7-12,17,19,22H,3-6,13-16H2,1-2H3. The molecule has 2 fully saturated rings. The highest BCUT2D eigenvalue weighted by Gasteiger charge is 2.27. The highest BCUT2D eigenvalue weighted by molar-refractivity contribution is 5.79. The molecule has 2 aliphatic rings. The van der Waals surface area contributed by atoms with E-state index in [2.05, 4.69) is 9.88 Å². The van der Waals surface area contributed by atoms with Gasteiger partial charge in [0.15, 0.2) is 0 Å². The van der Waals surface area contributed by atoms with Crippen LogP contribution in [-0.4, -0.2) is 46.8 Å². The Kier molecular flexibility index (Phi) is 5.87. The van der Waals surface area contributed by atoms with Gasteiger partial charge in [0.25, 0.3) is 5.56 Å². The molecule has 32 heavy (non-hydrogen) atoms. The summed E-state index contributed by atoms with van der Waals surface area (Å²) in [6.45, 7) is 4.12. The number of nitrogens with zero attached hydrogens (tertiary/aromatic N) is 3. The fourth-order valence-electron chi connectivity index (χ4n) is 5.20. The Hall–Kier alpha value is -2.86. The number of hydrogen-bond acceptors (Lipinski definition) is 5. The molecule has 0 spiro atoms. The molecule has 2 heterocycles. The van der Waals surface area contributed by atoms with Crippen LogP contribution in [0, 0.1) is 6.92 Å². The number of rotatable bonds is 5. The molecular weight excluding hydrogens is 402 g/mol. The lowest BCUT2D eigenvalue weighted by Crippen LogP contribution is -2.43. The predicted molar refractivity (Wildman–Crippen MR) is 126 cm³/mol. The van der Waals surface area contributed by atoms with Gasteiger partial charge < -0.3 is 14.4 Å². The summed E-state index contributed by atoms with van der Waals surface area (Å²) in [6, 6.07) is 14.0. The fraction of sp³-hybridized carbons (Fsp3) is 0.462. The van der Waals surface area contributed by atoms with E-state index in [4.69, 9.17) is 9.47 Å². The van der Waals surface area contributed by atoms with Crippen LogP contribution >= 0.6 is 0 Å². The first kappa shape index (κ1) is 21.0. The molecule has 1 aromatic heterocycles. The van der Waals surface area contributed by atoms with Crippen LogP contribution in [0.3, 0.4) is 0 Å². The molecule has 0 amide bonds. The Bertz CT molecular complexity index is 1140. The number of aromatic nitrogens is 2. The number of aryl methyl sites for hydroxylation is 1. The van der Waals surface area contributed by atoms with Crippen molar-refractivity contribution in [3.8, 4) is 17.2 Å². The third kappa shape index (κ3) is 4.11. The van der Waals surface area contributed by atoms with E-state index >= 15 is 0 Å². The molecule has 1 saturated carbocycles. The number of methoxy groups -OCH3 is 1. The van der Waals surface area contributed by atoms with Gasteiger partial charge in [0.1, 0.15) is 23.4 Å². The summed E-state index contributed by atoms with van der Waals surface area (Å²) < 4.78 is 13.2. The van der Waals surface area contributed by atoms with Gasteiger partial charge in [-0.3, -0.25) is 9.36 Å². The molecule has 0 N–H and O–H groups in total. The highest BCUT2D eigenvalue weighted by atomic mass is 16.5. The summed E-state index contributed by atoms with van der Waals surface area (Å²) in [7, 11) is 1.60. The minimum absolute atomic E-state index is 0.0978. The molecule has 1 aliphatic heterocycles. The van der Waals surface area contributed by atoms with Gasteiger partial charge >= 0.3 is 0 Å². The van der Waals surface area contributed by atoms with Gasteiger partial charge in [-0.1, -0.05) is 12.8 Å². The smallest absolute Gasteiger partial charge is 0.266 e. The lowest BCUT2D eigenvalue weighted by molar-refractivity contribution is 0.0768. The lowest BCUT2D eigenvalue weighted by atomic mass is 10.0. The number of hydrogen-bond donors (Lipinski definition) is 0. The van der Waals surface area contributed by atoms with Crippen LogP contribution in [0.2, 0.25) is 0 Å². The molecule has 5 rings (SSSR count). The monoisotopic (exact) mass is 433 g/mol. The van der Waals surface area contributed by atoms with Crippen molar-refractivity contribution in [2.24, 2.45) is 0 Å². The second-order valence-electron chi connectivity index (χ2n) is 8.97. The van der Waals surface area contributed by atoms with Gasteiger partial charge in [0.05, 0.1) is 23.7 Å². The van der Waals surface area contributed by atoms with E-state index in [1.165, 1.54) is 25.7 Å². The molecule has 0 unspecified atom stereocenters. The lowest BCUT2D eigenvalue weighted by Gasteiger charge is -2.36. The first-order valence-corrected chi connectivity index (χ1v) is 11.7. The normalized spacial score (nSPS) is 18.3. The summed E-state index contributed by atoms with van der Waals surface area (Å²) in [5, 5.41) is 0.546. The summed E-state index contributed by atoms with van der Waals surface area (Å²) in [5.41, 5.74) is 1.36. The summed E-state index contributed by atoms with van der Waals surface area (Å²) in [4.78, 5) is 20.5. The summed E-state index contributed by atoms with van der Waals surface area (Å²) in [6.07, 6.45) is 7.91. The average Bonchev–Trinajstić information content (AvgIpc) is 3.36. The van der Waals surface area contributed by atoms with Crippen LogP contribution in [0.15, 0.2) is 47.3 Å². The number of likely N-dealkylation sites (tertiary alicyclic amines) is 1. The van der Waals surface area contributed by atoms with E-state index in [-0.39, 0.29) is 11.7 Å². The van der Waals surface area contributed by atoms with Crippen molar-refractivity contribution >= 4 is 10.9 Å². The van der Waals surface area contributed by atoms with Crippen molar-refractivity contribution in [3.05, 3.63) is 58.6 Å². The molecule has 0 radical (unpaired) electrons. The van der Waals surface area contributed by atoms with E-state index in [0.717, 1.165) is 43.4 Å². The van der Waals surface area contributed by atoms with Gasteiger partial charge in [-0.2, -0.15) is 0 Å². The zero-order valence-corrected chi connectivity index (χ0v) is 18.9. The van der Waals surface area contributed by atoms with Crippen LogP contribution in [0.4, 0.5) is 0 Å². The third-order valence-electron chi connectivity index (χ3n) is 6.96. The van der Waals surface area contributed by atoms with E-state index < -0.39 is 0 Å². The largest absolute Gasteiger partial charge is 0.497 e. The average molecular weight is 434 g/mol. The van der Waals surface area contributed by atoms with E-state index in [1.54, 1.807) is 17.7 Å². The van der Waals surface area contributed by atoms with Crippen molar-refractivity contribution < 1.29 is 9.47 Å². The first-order chi connectivity index (χ1) is 15.6. The Morgan fingerprint density at radius 1 is 0.938 bits per heavy atom. The highest BCUT2D eigenvalue weighted by Crippen LogP contribution is 2.28. The first-order valence-electron chi connectivity index (χ1n) is 11.7. The molecule has 0 atom stereocenters. The van der Waals surface area contributed by atoms with Crippen molar-refractivity contribution in [1.82, 2.24) is 14.5 Å². The van der Waals surface area contributed by atoms with Crippen LogP contribution in [0.1, 0.15) is 44.3 Å². The van der Waals surface area contributed by atoms with Gasteiger partial charge in [-0.25, -0.2) is 4.98 Å². The molecule has 168 valence electrons. The van der Waals surface area contributed by atoms with Crippen molar-refractivity contribution in [2.45, 2.75) is 57.6 Å². The molecule has 0 bridgehead atoms. The topological polar surface area (TPSA) is 56.6 Å². The summed E-state index contributed by atoms with van der Waals surface area (Å²) in [5.74, 6) is 2.16. The Morgan fingerprint density at radius 3 is 2.31 bits per heavy atom. The van der Waals surface area contributed by atoms with Crippen LogP contribution < -0.4 is 15.0 Å². The molecule has 6 heteroatoms. The second-order valence-corrected chi connectivity index (χ2v) is 8.97. The van der Waals surface area contributed by atoms with Gasteiger partial charge in [-0.05, 0) is 75.1 Å². The van der Waals surface area contributed by atoms with Gasteiger partial charge in [-0.15, -0.1) is 0 Å². The quantitative estimate of drug-likeness (QED) is 0.593. The Balaban J connectivity index is 1.31. The minimum atomic E-state index is -0.0978. The maximum atomic E-state index is 13.2. The van der Waals surface area contributed by atoms with Crippen LogP contribution in [-0.2, 0) is 0 Å². The Labute approximate surface area is 188 Å². The van der Waals surface area contributed by atoms with Gasteiger partial charge in [0.2, 0.25) is 0 Å². The van der Waals surface area contributed by atoms with Crippen molar-refractivity contribution in [3.63, 3.8) is 0 Å². The van der Waals surface area contributed by atoms with Crippen LogP contribution in [0.25, 0.3) is 16.6 Å². The van der Waals surface area contributed by atoms with E-state index in [0.29, 0.717) is 22.5 Å². The minimum Gasteiger partial charge on any atom is -0.497 e. The van der Waals surface area contributed by atoms with E-state index in [9.17, 15) is 4.79 Å². The fourth-order valence-corrected chi connectivity index (χ4v) is 5.20. The molecule has 3 aromatic rings. The third-order valence-corrected chi connectivity index (χ3v) is 6.96. The zero-order chi connectivity index (χ0) is 22.1. The molecule has 6 nitrogen and oxygen atoms in total. The Morgan fingerprint density at radius 2 is 1.62 bits per heavy atom. The van der Waals surface area contributed by atoms with Crippen molar-refractivity contribution in [2.75, 3.05) is 20.2 Å². The maximum absolute atomic E-state index is 13.2. The summed E-state index contributed by atoms with van der Waals surface area (Å²) >= 11 is 0. The molecule has 2 aromatic carbocycles. The van der Waals surface area contributed by atoms with Crippen LogP contribution in [0.5, 0.6) is 11.5 Å². The van der Waals surface area contributed by atoms with Crippen molar-refractivity contribution in [1.29, 1.82) is 0 Å². The maximum Gasteiger partial charge on any atom is 0.266 e. The molecule has 1 saturated heterocycles. The number of piperidine rings is 1. The number of fused-ring (bicyclic) bond motifs is 1.